The second-order valence-electron chi connectivity index (χ2n) is 3.49. The molecular formula is C13H16NO. The van der Waals surface area contributed by atoms with Crippen LogP contribution in [0.25, 0.3) is 0 Å². The van der Waals surface area contributed by atoms with Crippen LogP contribution in [0.5, 0.6) is 0 Å². The highest BCUT2D eigenvalue weighted by molar-refractivity contribution is 5.21. The molecule has 79 valence electrons. The zero-order valence-electron chi connectivity index (χ0n) is 9.02. The fourth-order valence-corrected chi connectivity index (χ4v) is 1.60. The van der Waals surface area contributed by atoms with Crippen LogP contribution in [-0.2, 0) is 4.74 Å². The van der Waals surface area contributed by atoms with Crippen LogP contribution in [0.3, 0.4) is 0 Å². The summed E-state index contributed by atoms with van der Waals surface area (Å²) in [4.78, 5) is 0. The number of nitrogens with zero attached hydrogens (tertiary/aromatic N) is 1. The molecule has 2 heteroatoms. The summed E-state index contributed by atoms with van der Waals surface area (Å²) in [6.45, 7) is 4.10. The number of hydrogen-bond donors (Lipinski definition) is 0. The lowest BCUT2D eigenvalue weighted by atomic mass is 9.93. The molecule has 1 aromatic rings. The van der Waals surface area contributed by atoms with E-state index in [1.54, 1.807) is 7.11 Å². The standard InChI is InChI=1S/C13H16NO/c1-11(12-7-4-3-5-8-12)13(15-2)9-6-10-14/h3-5,7-8,11,13H,1,6,9H2,2H3. The van der Waals surface area contributed by atoms with Crippen LogP contribution in [0.2, 0.25) is 0 Å². The summed E-state index contributed by atoms with van der Waals surface area (Å²) in [6.07, 6.45) is 1.26. The van der Waals surface area contributed by atoms with Crippen LogP contribution in [0, 0.1) is 18.3 Å². The van der Waals surface area contributed by atoms with Gasteiger partial charge in [-0.25, -0.2) is 0 Å². The van der Waals surface area contributed by atoms with Gasteiger partial charge in [0.05, 0.1) is 12.2 Å². The van der Waals surface area contributed by atoms with E-state index in [2.05, 4.69) is 13.0 Å². The van der Waals surface area contributed by atoms with Crippen LogP contribution in [0.15, 0.2) is 30.3 Å². The maximum Gasteiger partial charge on any atom is 0.0649 e. The van der Waals surface area contributed by atoms with Gasteiger partial charge in [0, 0.05) is 19.4 Å². The molecule has 0 aliphatic heterocycles. The molecular weight excluding hydrogens is 186 g/mol. The quantitative estimate of drug-likeness (QED) is 0.735. The fraction of sp³-hybridized carbons (Fsp3) is 0.385. The van der Waals surface area contributed by atoms with Crippen LogP contribution in [0.4, 0.5) is 0 Å². The Labute approximate surface area is 91.5 Å². The van der Waals surface area contributed by atoms with Gasteiger partial charge in [-0.15, -0.1) is 0 Å². The van der Waals surface area contributed by atoms with E-state index in [1.165, 1.54) is 0 Å². The highest BCUT2D eigenvalue weighted by Crippen LogP contribution is 2.23. The predicted molar refractivity (Wildman–Crippen MR) is 60.2 cm³/mol. The Kier molecular flexibility index (Phi) is 4.86. The fourth-order valence-electron chi connectivity index (χ4n) is 1.60. The van der Waals surface area contributed by atoms with Crippen molar-refractivity contribution in [2.24, 2.45) is 0 Å². The molecule has 0 spiro atoms. The molecule has 1 radical (unpaired) electrons. The summed E-state index contributed by atoms with van der Waals surface area (Å²) in [5.41, 5.74) is 1.15. The molecule has 2 nitrogen and oxygen atoms in total. The first-order valence-corrected chi connectivity index (χ1v) is 5.07. The van der Waals surface area contributed by atoms with Gasteiger partial charge in [-0.3, -0.25) is 0 Å². The van der Waals surface area contributed by atoms with E-state index in [-0.39, 0.29) is 12.0 Å². The number of methoxy groups -OCH3 is 1. The average molecular weight is 202 g/mol. The molecule has 0 fully saturated rings. The minimum atomic E-state index is 0.0204. The van der Waals surface area contributed by atoms with Gasteiger partial charge in [0.2, 0.25) is 0 Å². The van der Waals surface area contributed by atoms with E-state index in [4.69, 9.17) is 10.00 Å². The molecule has 0 aliphatic rings. The van der Waals surface area contributed by atoms with Crippen LogP contribution in [0.1, 0.15) is 24.3 Å². The lowest BCUT2D eigenvalue weighted by Crippen LogP contribution is -2.18. The first-order chi connectivity index (χ1) is 7.29. The van der Waals surface area contributed by atoms with Gasteiger partial charge < -0.3 is 4.74 Å². The van der Waals surface area contributed by atoms with E-state index < -0.39 is 0 Å². The predicted octanol–water partition coefficient (Wildman–Crippen LogP) is 2.92. The Hall–Kier alpha value is -1.33. The maximum atomic E-state index is 8.54. The summed E-state index contributed by atoms with van der Waals surface area (Å²) < 4.78 is 5.35. The number of nitriles is 1. The summed E-state index contributed by atoms with van der Waals surface area (Å²) in [5.74, 6) is 0.0875. The number of rotatable bonds is 5. The van der Waals surface area contributed by atoms with Crippen molar-refractivity contribution in [3.63, 3.8) is 0 Å². The van der Waals surface area contributed by atoms with Crippen molar-refractivity contribution >= 4 is 0 Å². The van der Waals surface area contributed by atoms with Crippen molar-refractivity contribution in [2.45, 2.75) is 24.9 Å². The summed E-state index contributed by atoms with van der Waals surface area (Å²) in [6, 6.07) is 12.2. The van der Waals surface area contributed by atoms with Crippen LogP contribution >= 0.6 is 0 Å². The zero-order valence-corrected chi connectivity index (χ0v) is 9.02. The molecule has 0 saturated carbocycles. The van der Waals surface area contributed by atoms with Gasteiger partial charge >= 0.3 is 0 Å². The van der Waals surface area contributed by atoms with Gasteiger partial charge in [0.1, 0.15) is 0 Å². The van der Waals surface area contributed by atoms with Crippen LogP contribution in [-0.4, -0.2) is 13.2 Å². The first-order valence-electron chi connectivity index (χ1n) is 5.07. The summed E-state index contributed by atoms with van der Waals surface area (Å²) >= 11 is 0. The summed E-state index contributed by atoms with van der Waals surface area (Å²) in [5, 5.41) is 8.54. The highest BCUT2D eigenvalue weighted by Gasteiger charge is 2.17. The molecule has 0 amide bonds. The van der Waals surface area contributed by atoms with Crippen molar-refractivity contribution in [1.82, 2.24) is 0 Å². The molecule has 15 heavy (non-hydrogen) atoms. The van der Waals surface area contributed by atoms with E-state index in [1.807, 2.05) is 30.3 Å². The Morgan fingerprint density at radius 2 is 2.07 bits per heavy atom. The first kappa shape index (κ1) is 11.7. The second kappa shape index (κ2) is 6.21. The van der Waals surface area contributed by atoms with Gasteiger partial charge in [-0.2, -0.15) is 5.26 Å². The van der Waals surface area contributed by atoms with Gasteiger partial charge in [0.15, 0.2) is 0 Å². The lowest BCUT2D eigenvalue weighted by molar-refractivity contribution is 0.0840. The SMILES string of the molecule is [CH2]C(c1ccccc1)C(CCC#N)OC. The Morgan fingerprint density at radius 3 is 2.60 bits per heavy atom. The van der Waals surface area contributed by atoms with E-state index >= 15 is 0 Å². The van der Waals surface area contributed by atoms with E-state index in [0.717, 1.165) is 12.0 Å². The van der Waals surface area contributed by atoms with Gasteiger partial charge in [-0.05, 0) is 18.9 Å². The minimum Gasteiger partial charge on any atom is -0.381 e. The minimum absolute atomic E-state index is 0.0204. The Morgan fingerprint density at radius 1 is 1.40 bits per heavy atom. The molecule has 0 aliphatic carbocycles. The smallest absolute Gasteiger partial charge is 0.0649 e. The third kappa shape index (κ3) is 3.38. The van der Waals surface area contributed by atoms with Crippen molar-refractivity contribution in [1.29, 1.82) is 5.26 Å². The zero-order chi connectivity index (χ0) is 11.1. The maximum absolute atomic E-state index is 8.54. The molecule has 1 aromatic carbocycles. The van der Waals surface area contributed by atoms with Crippen molar-refractivity contribution in [3.8, 4) is 6.07 Å². The Bertz CT molecular complexity index is 315. The monoisotopic (exact) mass is 202 g/mol. The highest BCUT2D eigenvalue weighted by atomic mass is 16.5. The molecule has 2 unspecified atom stereocenters. The third-order valence-corrected chi connectivity index (χ3v) is 2.52. The van der Waals surface area contributed by atoms with Crippen molar-refractivity contribution < 1.29 is 4.74 Å². The van der Waals surface area contributed by atoms with Crippen LogP contribution < -0.4 is 0 Å². The van der Waals surface area contributed by atoms with Gasteiger partial charge in [0.25, 0.3) is 0 Å². The number of hydrogen-bond acceptors (Lipinski definition) is 2. The largest absolute Gasteiger partial charge is 0.381 e. The second-order valence-corrected chi connectivity index (χ2v) is 3.49. The number of ether oxygens (including phenoxy) is 1. The molecule has 0 bridgehead atoms. The third-order valence-electron chi connectivity index (χ3n) is 2.52. The number of benzene rings is 1. The topological polar surface area (TPSA) is 33.0 Å². The molecule has 2 atom stereocenters. The van der Waals surface area contributed by atoms with E-state index in [9.17, 15) is 0 Å². The molecule has 0 N–H and O–H groups in total. The molecule has 0 aromatic heterocycles. The average Bonchev–Trinajstić information content (AvgIpc) is 2.31. The lowest BCUT2D eigenvalue weighted by Gasteiger charge is -2.21. The van der Waals surface area contributed by atoms with Crippen molar-refractivity contribution in [2.75, 3.05) is 7.11 Å². The summed E-state index contributed by atoms with van der Waals surface area (Å²) in [7, 11) is 1.67. The molecule has 0 heterocycles. The van der Waals surface area contributed by atoms with Gasteiger partial charge in [-0.1, -0.05) is 30.3 Å². The normalized spacial score (nSPS) is 14.2. The van der Waals surface area contributed by atoms with Crippen molar-refractivity contribution in [3.05, 3.63) is 42.8 Å². The molecule has 0 saturated heterocycles. The Balaban J connectivity index is 2.65. The van der Waals surface area contributed by atoms with E-state index in [0.29, 0.717) is 6.42 Å². The molecule has 1 rings (SSSR count).